The van der Waals surface area contributed by atoms with E-state index >= 15 is 0 Å². The largest absolute Gasteiger partial charge is 0.342 e. The van der Waals surface area contributed by atoms with Crippen LogP contribution in [-0.2, 0) is 4.79 Å². The molecule has 0 fully saturated rings. The molecule has 21 heavy (non-hydrogen) atoms. The number of hydrogen-bond donors (Lipinski definition) is 0. The Labute approximate surface area is 135 Å². The zero-order chi connectivity index (χ0) is 16.0. The Hall–Kier alpha value is -1.20. The molecule has 1 unspecified atom stereocenters. The monoisotopic (exact) mass is 354 g/mol. The molecule has 5 heteroatoms. The molecule has 0 aliphatic heterocycles. The van der Waals surface area contributed by atoms with Gasteiger partial charge in [0.25, 0.3) is 0 Å². The van der Waals surface area contributed by atoms with Gasteiger partial charge in [-0.25, -0.2) is 0 Å². The Morgan fingerprint density at radius 3 is 2.14 bits per heavy atom. The fourth-order valence-corrected chi connectivity index (χ4v) is 2.35. The molecule has 116 valence electrons. The Bertz CT molecular complexity index is 484. The fraction of sp³-hybridized carbons (Fsp3) is 0.500. The second-order valence-electron chi connectivity index (χ2n) is 5.03. The summed E-state index contributed by atoms with van der Waals surface area (Å²) in [6.07, 6.45) is 0. The van der Waals surface area contributed by atoms with E-state index in [4.69, 9.17) is 0 Å². The summed E-state index contributed by atoms with van der Waals surface area (Å²) in [7, 11) is 1.81. The fourth-order valence-electron chi connectivity index (χ4n) is 2.08. The van der Waals surface area contributed by atoms with Crippen molar-refractivity contribution in [1.82, 2.24) is 9.80 Å². The molecule has 0 heterocycles. The molecule has 0 N–H and O–H groups in total. The Morgan fingerprint density at radius 2 is 1.67 bits per heavy atom. The molecule has 1 amide bonds. The van der Waals surface area contributed by atoms with Gasteiger partial charge in [0.2, 0.25) is 5.91 Å². The van der Waals surface area contributed by atoms with E-state index in [1.807, 2.05) is 40.0 Å². The Balaban J connectivity index is 2.69. The van der Waals surface area contributed by atoms with Crippen molar-refractivity contribution in [3.63, 3.8) is 0 Å². The number of rotatable bonds is 7. The van der Waals surface area contributed by atoms with Crippen molar-refractivity contribution in [1.29, 1.82) is 0 Å². The highest BCUT2D eigenvalue weighted by Gasteiger charge is 2.22. The molecule has 0 aliphatic rings. The highest BCUT2D eigenvalue weighted by atomic mass is 79.9. The van der Waals surface area contributed by atoms with Crippen LogP contribution in [0.15, 0.2) is 28.7 Å². The van der Waals surface area contributed by atoms with Crippen molar-refractivity contribution in [2.24, 2.45) is 0 Å². The maximum atomic E-state index is 12.4. The molecule has 1 aromatic carbocycles. The lowest BCUT2D eigenvalue weighted by Gasteiger charge is -2.26. The minimum atomic E-state index is -0.328. The third-order valence-corrected chi connectivity index (χ3v) is 4.20. The number of hydrogen-bond acceptors (Lipinski definition) is 3. The SMILES string of the molecule is CCN(CC)C(=O)CN(C)C(C)C(=O)c1ccc(Br)cc1. The lowest BCUT2D eigenvalue weighted by atomic mass is 10.0. The quantitative estimate of drug-likeness (QED) is 0.707. The van der Waals surface area contributed by atoms with E-state index in [0.29, 0.717) is 18.7 Å². The van der Waals surface area contributed by atoms with Crippen molar-refractivity contribution in [3.8, 4) is 0 Å². The highest BCUT2D eigenvalue weighted by molar-refractivity contribution is 9.10. The Kier molecular flexibility index (Phi) is 7.05. The van der Waals surface area contributed by atoms with Crippen LogP contribution in [0.5, 0.6) is 0 Å². The lowest BCUT2D eigenvalue weighted by molar-refractivity contribution is -0.131. The number of carbonyl (C=O) groups excluding carboxylic acids is 2. The van der Waals surface area contributed by atoms with Crippen LogP contribution in [0.2, 0.25) is 0 Å². The first-order chi connectivity index (χ1) is 9.90. The van der Waals surface area contributed by atoms with E-state index in [1.165, 1.54) is 0 Å². The molecule has 4 nitrogen and oxygen atoms in total. The van der Waals surface area contributed by atoms with E-state index < -0.39 is 0 Å². The first-order valence-electron chi connectivity index (χ1n) is 7.18. The standard InChI is InChI=1S/C16H23BrN2O2/c1-5-19(6-2)15(20)11-18(4)12(3)16(21)13-7-9-14(17)10-8-13/h7-10,12H,5-6,11H2,1-4H3. The van der Waals surface area contributed by atoms with Crippen molar-refractivity contribution in [2.75, 3.05) is 26.7 Å². The highest BCUT2D eigenvalue weighted by Crippen LogP contribution is 2.13. The summed E-state index contributed by atoms with van der Waals surface area (Å²) in [6, 6.07) is 6.96. The molecule has 1 atom stereocenters. The molecule has 1 aromatic rings. The molecule has 0 saturated carbocycles. The van der Waals surface area contributed by atoms with E-state index in [0.717, 1.165) is 4.47 Å². The first kappa shape index (κ1) is 17.9. The molecule has 0 aromatic heterocycles. The summed E-state index contributed by atoms with van der Waals surface area (Å²) in [5, 5.41) is 0. The minimum absolute atomic E-state index is 0.0253. The summed E-state index contributed by atoms with van der Waals surface area (Å²) in [5.41, 5.74) is 0.660. The minimum Gasteiger partial charge on any atom is -0.342 e. The molecule has 0 bridgehead atoms. The summed E-state index contributed by atoms with van der Waals surface area (Å²) in [5.74, 6) is 0.0790. The van der Waals surface area contributed by atoms with Gasteiger partial charge in [0, 0.05) is 23.1 Å². The van der Waals surface area contributed by atoms with Crippen LogP contribution < -0.4 is 0 Å². The van der Waals surface area contributed by atoms with Gasteiger partial charge in [0.15, 0.2) is 5.78 Å². The van der Waals surface area contributed by atoms with Crippen LogP contribution in [0.25, 0.3) is 0 Å². The van der Waals surface area contributed by atoms with Crippen LogP contribution in [-0.4, -0.2) is 54.2 Å². The third kappa shape index (κ3) is 4.93. The van der Waals surface area contributed by atoms with E-state index in [9.17, 15) is 9.59 Å². The predicted molar refractivity (Wildman–Crippen MR) is 88.5 cm³/mol. The van der Waals surface area contributed by atoms with Crippen molar-refractivity contribution in [3.05, 3.63) is 34.3 Å². The van der Waals surface area contributed by atoms with Gasteiger partial charge in [0.1, 0.15) is 0 Å². The maximum absolute atomic E-state index is 12.4. The van der Waals surface area contributed by atoms with E-state index in [-0.39, 0.29) is 24.3 Å². The van der Waals surface area contributed by atoms with Gasteiger partial charge in [-0.3, -0.25) is 14.5 Å². The number of halogens is 1. The van der Waals surface area contributed by atoms with Gasteiger partial charge in [-0.2, -0.15) is 0 Å². The van der Waals surface area contributed by atoms with Gasteiger partial charge in [-0.15, -0.1) is 0 Å². The molecule has 0 spiro atoms. The van der Waals surface area contributed by atoms with Gasteiger partial charge in [-0.1, -0.05) is 28.1 Å². The third-order valence-electron chi connectivity index (χ3n) is 3.67. The van der Waals surface area contributed by atoms with Crippen LogP contribution in [0.1, 0.15) is 31.1 Å². The van der Waals surface area contributed by atoms with E-state index in [2.05, 4.69) is 15.9 Å². The van der Waals surface area contributed by atoms with E-state index in [1.54, 1.807) is 21.9 Å². The van der Waals surface area contributed by atoms with Crippen LogP contribution in [0, 0.1) is 0 Å². The second-order valence-corrected chi connectivity index (χ2v) is 5.94. The molecule has 0 radical (unpaired) electrons. The molecular formula is C16H23BrN2O2. The summed E-state index contributed by atoms with van der Waals surface area (Å²) < 4.78 is 0.941. The average Bonchev–Trinajstić information content (AvgIpc) is 2.47. The van der Waals surface area contributed by atoms with Gasteiger partial charge in [-0.05, 0) is 40.0 Å². The van der Waals surface area contributed by atoms with Gasteiger partial charge in [0.05, 0.1) is 12.6 Å². The van der Waals surface area contributed by atoms with Crippen molar-refractivity contribution in [2.45, 2.75) is 26.8 Å². The molecule has 1 rings (SSSR count). The second kappa shape index (κ2) is 8.29. The molecule has 0 saturated heterocycles. The molecule has 0 aliphatic carbocycles. The average molecular weight is 355 g/mol. The van der Waals surface area contributed by atoms with Gasteiger partial charge >= 0.3 is 0 Å². The summed E-state index contributed by atoms with van der Waals surface area (Å²) in [4.78, 5) is 28.1. The number of amides is 1. The number of likely N-dealkylation sites (N-methyl/N-ethyl adjacent to an activating group) is 2. The van der Waals surface area contributed by atoms with Gasteiger partial charge < -0.3 is 4.90 Å². The van der Waals surface area contributed by atoms with Crippen molar-refractivity contribution < 1.29 is 9.59 Å². The topological polar surface area (TPSA) is 40.6 Å². The summed E-state index contributed by atoms with van der Waals surface area (Å²) >= 11 is 3.35. The smallest absolute Gasteiger partial charge is 0.236 e. The normalized spacial score (nSPS) is 12.3. The predicted octanol–water partition coefficient (Wildman–Crippen LogP) is 2.82. The lowest BCUT2D eigenvalue weighted by Crippen LogP contribution is -2.44. The van der Waals surface area contributed by atoms with Crippen LogP contribution in [0.3, 0.4) is 0 Å². The maximum Gasteiger partial charge on any atom is 0.236 e. The number of carbonyl (C=O) groups is 2. The number of ketones is 1. The number of nitrogens with zero attached hydrogens (tertiary/aromatic N) is 2. The zero-order valence-electron chi connectivity index (χ0n) is 13.1. The number of benzene rings is 1. The van der Waals surface area contributed by atoms with Crippen LogP contribution >= 0.6 is 15.9 Å². The number of Topliss-reactive ketones (excluding diaryl/α,β-unsaturated/α-hetero) is 1. The van der Waals surface area contributed by atoms with Crippen molar-refractivity contribution >= 4 is 27.6 Å². The van der Waals surface area contributed by atoms with Crippen LogP contribution in [0.4, 0.5) is 0 Å². The molecular weight excluding hydrogens is 332 g/mol. The summed E-state index contributed by atoms with van der Waals surface area (Å²) in [6.45, 7) is 7.39. The zero-order valence-corrected chi connectivity index (χ0v) is 14.7. The first-order valence-corrected chi connectivity index (χ1v) is 7.97. The Morgan fingerprint density at radius 1 is 1.14 bits per heavy atom.